The second-order valence-corrected chi connectivity index (χ2v) is 6.97. The maximum Gasteiger partial charge on any atom is 0.265 e. The first-order valence-electron chi connectivity index (χ1n) is 8.34. The van der Waals surface area contributed by atoms with Crippen molar-refractivity contribution < 1.29 is 9.21 Å². The van der Waals surface area contributed by atoms with Gasteiger partial charge in [0.05, 0.1) is 0 Å². The summed E-state index contributed by atoms with van der Waals surface area (Å²) in [5.41, 5.74) is 1.98. The molecule has 1 aromatic carbocycles. The van der Waals surface area contributed by atoms with Crippen molar-refractivity contribution in [3.8, 4) is 0 Å². The van der Waals surface area contributed by atoms with Crippen molar-refractivity contribution in [1.29, 1.82) is 0 Å². The normalized spacial score (nSPS) is 11.0. The molecule has 2 aromatic heterocycles. The zero-order chi connectivity index (χ0) is 18.7. The van der Waals surface area contributed by atoms with Crippen LogP contribution < -0.4 is 10.9 Å². The molecule has 0 saturated heterocycles. The van der Waals surface area contributed by atoms with Gasteiger partial charge in [-0.3, -0.25) is 14.2 Å². The van der Waals surface area contributed by atoms with Crippen molar-refractivity contribution >= 4 is 28.8 Å². The topological polar surface area (TPSA) is 77.1 Å². The van der Waals surface area contributed by atoms with Gasteiger partial charge in [-0.1, -0.05) is 12.1 Å². The predicted octanol–water partition coefficient (Wildman–Crippen LogP) is 2.69. The summed E-state index contributed by atoms with van der Waals surface area (Å²) >= 11 is 1.70. The monoisotopic (exact) mass is 371 g/mol. The van der Waals surface area contributed by atoms with Gasteiger partial charge in [-0.15, -0.1) is 11.8 Å². The largest absolute Gasteiger partial charge is 0.443 e. The average Bonchev–Trinajstić information content (AvgIpc) is 2.93. The summed E-state index contributed by atoms with van der Waals surface area (Å²) in [7, 11) is 0. The van der Waals surface area contributed by atoms with Gasteiger partial charge in [-0.05, 0) is 44.2 Å². The molecule has 0 unspecified atom stereocenters. The minimum atomic E-state index is -0.257. The highest BCUT2D eigenvalue weighted by Crippen LogP contribution is 2.19. The summed E-state index contributed by atoms with van der Waals surface area (Å²) in [6.07, 6.45) is 4.14. The first-order valence-corrected chi connectivity index (χ1v) is 9.57. The number of aryl methyl sites for hydroxylation is 2. The zero-order valence-electron chi connectivity index (χ0n) is 15.0. The molecule has 0 radical (unpaired) electrons. The van der Waals surface area contributed by atoms with Crippen LogP contribution in [0.5, 0.6) is 0 Å². The predicted molar refractivity (Wildman–Crippen MR) is 103 cm³/mol. The Balaban J connectivity index is 1.61. The molecule has 0 fully saturated rings. The van der Waals surface area contributed by atoms with E-state index in [1.807, 2.05) is 13.2 Å². The van der Waals surface area contributed by atoms with E-state index in [2.05, 4.69) is 34.6 Å². The Morgan fingerprint density at radius 2 is 2.00 bits per heavy atom. The summed E-state index contributed by atoms with van der Waals surface area (Å²) in [5, 5.41) is 3.28. The van der Waals surface area contributed by atoms with Crippen LogP contribution in [0.3, 0.4) is 0 Å². The van der Waals surface area contributed by atoms with E-state index in [1.165, 1.54) is 15.8 Å². The molecule has 0 aliphatic rings. The van der Waals surface area contributed by atoms with Crippen LogP contribution in [0.2, 0.25) is 0 Å². The first kappa shape index (κ1) is 18.3. The van der Waals surface area contributed by atoms with E-state index in [-0.39, 0.29) is 18.0 Å². The Labute approximate surface area is 155 Å². The summed E-state index contributed by atoms with van der Waals surface area (Å²) in [6, 6.07) is 8.25. The molecule has 0 aliphatic carbocycles. The number of carbonyl (C=O) groups excluding carboxylic acids is 1. The lowest BCUT2D eigenvalue weighted by atomic mass is 10.1. The molecule has 1 amide bonds. The number of fused-ring (bicyclic) bond motifs is 1. The van der Waals surface area contributed by atoms with Crippen LogP contribution in [0.4, 0.5) is 0 Å². The van der Waals surface area contributed by atoms with Crippen LogP contribution in [0.15, 0.2) is 44.7 Å². The molecule has 136 valence electrons. The molecular weight excluding hydrogens is 350 g/mol. The van der Waals surface area contributed by atoms with E-state index in [4.69, 9.17) is 4.42 Å². The fourth-order valence-electron chi connectivity index (χ4n) is 2.73. The third kappa shape index (κ3) is 3.83. The molecule has 0 aliphatic heterocycles. The molecule has 3 aromatic rings. The Kier molecular flexibility index (Phi) is 5.46. The second kappa shape index (κ2) is 7.78. The van der Waals surface area contributed by atoms with E-state index < -0.39 is 0 Å². The van der Waals surface area contributed by atoms with Crippen molar-refractivity contribution in [3.63, 3.8) is 0 Å². The van der Waals surface area contributed by atoms with Gasteiger partial charge < -0.3 is 9.73 Å². The number of benzene rings is 1. The Bertz CT molecular complexity index is 990. The molecule has 0 spiro atoms. The molecule has 7 heteroatoms. The Morgan fingerprint density at radius 3 is 2.69 bits per heavy atom. The third-order valence-electron chi connectivity index (χ3n) is 4.36. The molecule has 0 saturated carbocycles. The minimum Gasteiger partial charge on any atom is -0.443 e. The number of aromatic nitrogens is 2. The maximum atomic E-state index is 12.5. The van der Waals surface area contributed by atoms with Crippen LogP contribution in [0, 0.1) is 13.8 Å². The SMILES string of the molecule is CSc1ccc(CCNC(=O)Cn2cnc3oc(C)c(C)c3c2=O)cc1. The summed E-state index contributed by atoms with van der Waals surface area (Å²) in [6.45, 7) is 4.07. The van der Waals surface area contributed by atoms with Gasteiger partial charge in [0.1, 0.15) is 24.0 Å². The van der Waals surface area contributed by atoms with Gasteiger partial charge in [0.2, 0.25) is 11.6 Å². The van der Waals surface area contributed by atoms with Gasteiger partial charge in [0, 0.05) is 17.0 Å². The van der Waals surface area contributed by atoms with Crippen LogP contribution >= 0.6 is 11.8 Å². The average molecular weight is 371 g/mol. The fraction of sp³-hybridized carbons (Fsp3) is 0.316. The smallest absolute Gasteiger partial charge is 0.265 e. The highest BCUT2D eigenvalue weighted by Gasteiger charge is 2.15. The van der Waals surface area contributed by atoms with Crippen LogP contribution in [0.25, 0.3) is 11.1 Å². The van der Waals surface area contributed by atoms with Crippen molar-refractivity contribution in [2.75, 3.05) is 12.8 Å². The quantitative estimate of drug-likeness (QED) is 0.674. The fourth-order valence-corrected chi connectivity index (χ4v) is 3.14. The van der Waals surface area contributed by atoms with E-state index in [0.717, 1.165) is 17.5 Å². The third-order valence-corrected chi connectivity index (χ3v) is 5.11. The lowest BCUT2D eigenvalue weighted by molar-refractivity contribution is -0.121. The Morgan fingerprint density at radius 1 is 1.27 bits per heavy atom. The van der Waals surface area contributed by atoms with E-state index in [9.17, 15) is 9.59 Å². The number of hydrogen-bond acceptors (Lipinski definition) is 5. The number of rotatable bonds is 6. The Hall–Kier alpha value is -2.54. The van der Waals surface area contributed by atoms with Gasteiger partial charge in [0.25, 0.3) is 5.56 Å². The molecule has 0 bridgehead atoms. The number of nitrogens with one attached hydrogen (secondary N) is 1. The summed E-state index contributed by atoms with van der Waals surface area (Å²) in [5.74, 6) is 0.450. The lowest BCUT2D eigenvalue weighted by Crippen LogP contribution is -2.33. The number of furan rings is 1. The number of carbonyl (C=O) groups is 1. The lowest BCUT2D eigenvalue weighted by Gasteiger charge is -2.07. The molecular formula is C19H21N3O3S. The van der Waals surface area contributed by atoms with E-state index in [1.54, 1.807) is 18.7 Å². The molecule has 6 nitrogen and oxygen atoms in total. The van der Waals surface area contributed by atoms with Gasteiger partial charge in [-0.25, -0.2) is 4.98 Å². The van der Waals surface area contributed by atoms with E-state index in [0.29, 0.717) is 23.4 Å². The summed E-state index contributed by atoms with van der Waals surface area (Å²) < 4.78 is 6.76. The second-order valence-electron chi connectivity index (χ2n) is 6.09. The van der Waals surface area contributed by atoms with Gasteiger partial charge in [0.15, 0.2) is 0 Å². The van der Waals surface area contributed by atoms with Gasteiger partial charge >= 0.3 is 0 Å². The maximum absolute atomic E-state index is 12.5. The number of hydrogen-bond donors (Lipinski definition) is 1. The number of amides is 1. The standard InChI is InChI=1S/C19H21N3O3S/c1-12-13(2)25-18-17(12)19(24)22(11-21-18)10-16(23)20-9-8-14-4-6-15(26-3)7-5-14/h4-7,11H,8-10H2,1-3H3,(H,20,23). The molecule has 2 heterocycles. The zero-order valence-corrected chi connectivity index (χ0v) is 15.9. The highest BCUT2D eigenvalue weighted by molar-refractivity contribution is 7.98. The molecule has 1 N–H and O–H groups in total. The van der Waals surface area contributed by atoms with Crippen molar-refractivity contribution in [2.24, 2.45) is 0 Å². The number of thioether (sulfide) groups is 1. The highest BCUT2D eigenvalue weighted by atomic mass is 32.2. The molecule has 26 heavy (non-hydrogen) atoms. The summed E-state index contributed by atoms with van der Waals surface area (Å²) in [4.78, 5) is 30.0. The molecule has 3 rings (SSSR count). The van der Waals surface area contributed by atoms with Crippen molar-refractivity contribution in [2.45, 2.75) is 31.7 Å². The van der Waals surface area contributed by atoms with Crippen LogP contribution in [-0.4, -0.2) is 28.3 Å². The first-order chi connectivity index (χ1) is 12.5. The van der Waals surface area contributed by atoms with Crippen molar-refractivity contribution in [1.82, 2.24) is 14.9 Å². The van der Waals surface area contributed by atoms with Gasteiger partial charge in [-0.2, -0.15) is 0 Å². The number of nitrogens with zero attached hydrogens (tertiary/aromatic N) is 2. The van der Waals surface area contributed by atoms with E-state index >= 15 is 0 Å². The minimum absolute atomic E-state index is 0.0587. The molecule has 0 atom stereocenters. The van der Waals surface area contributed by atoms with Crippen molar-refractivity contribution in [3.05, 3.63) is 57.8 Å². The van der Waals surface area contributed by atoms with Crippen LogP contribution in [-0.2, 0) is 17.8 Å². The van der Waals surface area contributed by atoms with Crippen LogP contribution in [0.1, 0.15) is 16.9 Å².